The second-order valence-electron chi connectivity index (χ2n) is 6.75. The molecule has 33 heavy (non-hydrogen) atoms. The number of thiophene rings is 1. The summed E-state index contributed by atoms with van der Waals surface area (Å²) < 4.78 is 21.1. The fraction of sp³-hybridized carbons (Fsp3) is 0.0952. The van der Waals surface area contributed by atoms with Crippen LogP contribution in [0.25, 0.3) is 10.1 Å². The van der Waals surface area contributed by atoms with E-state index in [-0.39, 0.29) is 11.7 Å². The number of carbonyl (C=O) groups is 1. The van der Waals surface area contributed by atoms with Gasteiger partial charge < -0.3 is 15.4 Å². The third-order valence-electron chi connectivity index (χ3n) is 4.59. The van der Waals surface area contributed by atoms with Crippen LogP contribution in [-0.4, -0.2) is 28.0 Å². The molecule has 2 N–H and O–H groups in total. The van der Waals surface area contributed by atoms with E-state index in [1.165, 1.54) is 35.3 Å². The van der Waals surface area contributed by atoms with E-state index in [1.54, 1.807) is 24.4 Å². The zero-order valence-electron chi connectivity index (χ0n) is 16.8. The van der Waals surface area contributed by atoms with Gasteiger partial charge in [-0.3, -0.25) is 4.68 Å². The van der Waals surface area contributed by atoms with Crippen LogP contribution in [-0.2, 0) is 11.3 Å². The number of ether oxygens (including phenoxy) is 1. The van der Waals surface area contributed by atoms with Crippen LogP contribution in [0.15, 0.2) is 42.6 Å². The highest BCUT2D eigenvalue weighted by molar-refractivity contribution is 7.80. The van der Waals surface area contributed by atoms with Crippen molar-refractivity contribution < 1.29 is 13.9 Å². The molecule has 0 saturated carbocycles. The average Bonchev–Trinajstić information content (AvgIpc) is 3.29. The highest BCUT2D eigenvalue weighted by atomic mass is 35.5. The van der Waals surface area contributed by atoms with Crippen LogP contribution in [0.4, 0.5) is 15.9 Å². The SMILES string of the molecule is COC(=O)c1sc2cc(NC(=S)Nc3nn(Cc4c(F)cccc4Cl)cc3Cl)ccc2c1Cl. The zero-order chi connectivity index (χ0) is 23.7. The third kappa shape index (κ3) is 5.07. The molecule has 0 aliphatic heterocycles. The molecule has 2 heterocycles. The van der Waals surface area contributed by atoms with Crippen LogP contribution in [0.3, 0.4) is 0 Å². The van der Waals surface area contributed by atoms with Crippen molar-refractivity contribution in [1.29, 1.82) is 0 Å². The summed E-state index contributed by atoms with van der Waals surface area (Å²) in [4.78, 5) is 12.2. The maximum absolute atomic E-state index is 14.1. The van der Waals surface area contributed by atoms with Gasteiger partial charge in [-0.15, -0.1) is 11.3 Å². The van der Waals surface area contributed by atoms with E-state index >= 15 is 0 Å². The quantitative estimate of drug-likeness (QED) is 0.212. The Morgan fingerprint density at radius 2 is 2.00 bits per heavy atom. The van der Waals surface area contributed by atoms with Gasteiger partial charge >= 0.3 is 5.97 Å². The van der Waals surface area contributed by atoms with Crippen LogP contribution in [0.1, 0.15) is 15.2 Å². The van der Waals surface area contributed by atoms with Gasteiger partial charge in [0.05, 0.1) is 18.7 Å². The van der Waals surface area contributed by atoms with Crippen LogP contribution in [0, 0.1) is 5.82 Å². The van der Waals surface area contributed by atoms with Crippen molar-refractivity contribution in [3.63, 3.8) is 0 Å². The van der Waals surface area contributed by atoms with E-state index in [0.717, 1.165) is 10.1 Å². The molecule has 12 heteroatoms. The molecule has 2 aromatic heterocycles. The molecule has 0 saturated heterocycles. The summed E-state index contributed by atoms with van der Waals surface area (Å²) in [5.41, 5.74) is 0.975. The predicted molar refractivity (Wildman–Crippen MR) is 136 cm³/mol. The zero-order valence-corrected chi connectivity index (χ0v) is 20.7. The third-order valence-corrected chi connectivity index (χ3v) is 7.06. The van der Waals surface area contributed by atoms with E-state index in [0.29, 0.717) is 37.0 Å². The van der Waals surface area contributed by atoms with Crippen LogP contribution in [0.2, 0.25) is 15.1 Å². The van der Waals surface area contributed by atoms with E-state index in [1.807, 2.05) is 6.07 Å². The van der Waals surface area contributed by atoms with E-state index < -0.39 is 11.8 Å². The summed E-state index contributed by atoms with van der Waals surface area (Å²) in [6, 6.07) is 9.84. The van der Waals surface area contributed by atoms with Crippen LogP contribution >= 0.6 is 58.4 Å². The number of hydrogen-bond acceptors (Lipinski definition) is 5. The molecule has 0 bridgehead atoms. The number of nitrogens with zero attached hydrogens (tertiary/aromatic N) is 2. The maximum Gasteiger partial charge on any atom is 0.349 e. The molecule has 4 rings (SSSR count). The standard InChI is InChI=1S/C21H14Cl3FN4O2S2/c1-31-20(30)18-17(24)11-6-5-10(7-16(11)33-18)26-21(32)27-19-14(23)9-29(28-19)8-12-13(22)3-2-4-15(12)25/h2-7,9H,8H2,1H3,(H2,26,27,28,32). The molecule has 0 spiro atoms. The monoisotopic (exact) mass is 542 g/mol. The van der Waals surface area contributed by atoms with Crippen molar-refractivity contribution >= 4 is 91.0 Å². The lowest BCUT2D eigenvalue weighted by Crippen LogP contribution is -2.19. The van der Waals surface area contributed by atoms with Crippen molar-refractivity contribution in [3.05, 3.63) is 73.9 Å². The molecule has 0 amide bonds. The van der Waals surface area contributed by atoms with Crippen molar-refractivity contribution in [2.24, 2.45) is 0 Å². The van der Waals surface area contributed by atoms with Gasteiger partial charge in [0, 0.05) is 32.6 Å². The fourth-order valence-corrected chi connectivity index (χ4v) is 5.15. The number of nitrogens with one attached hydrogen (secondary N) is 2. The number of benzene rings is 2. The Kier molecular flexibility index (Phi) is 7.06. The smallest absolute Gasteiger partial charge is 0.349 e. The number of anilines is 2. The first-order chi connectivity index (χ1) is 15.8. The van der Waals surface area contributed by atoms with Gasteiger partial charge in [-0.05, 0) is 42.5 Å². The topological polar surface area (TPSA) is 68.2 Å². The molecular formula is C21H14Cl3FN4O2S2. The highest BCUT2D eigenvalue weighted by Crippen LogP contribution is 2.37. The molecule has 6 nitrogen and oxygen atoms in total. The minimum absolute atomic E-state index is 0.103. The molecule has 4 aromatic rings. The Morgan fingerprint density at radius 1 is 1.21 bits per heavy atom. The van der Waals surface area contributed by atoms with Gasteiger partial charge in [0.25, 0.3) is 0 Å². The molecule has 0 aliphatic carbocycles. The molecule has 170 valence electrons. The Balaban J connectivity index is 1.48. The summed E-state index contributed by atoms with van der Waals surface area (Å²) in [5.74, 6) is -0.620. The Bertz CT molecular complexity index is 1370. The summed E-state index contributed by atoms with van der Waals surface area (Å²) in [7, 11) is 1.30. The molecule has 0 unspecified atom stereocenters. The van der Waals surface area contributed by atoms with Crippen molar-refractivity contribution in [1.82, 2.24) is 9.78 Å². The molecule has 0 atom stereocenters. The average molecular weight is 544 g/mol. The minimum atomic E-state index is -0.491. The van der Waals surface area contributed by atoms with Gasteiger partial charge in [0.1, 0.15) is 15.7 Å². The number of thiocarbonyl (C=S) groups is 1. The normalized spacial score (nSPS) is 10.9. The Morgan fingerprint density at radius 3 is 2.73 bits per heavy atom. The Hall–Kier alpha value is -2.43. The van der Waals surface area contributed by atoms with Gasteiger partial charge in [-0.1, -0.05) is 40.9 Å². The summed E-state index contributed by atoms with van der Waals surface area (Å²) in [6.45, 7) is 0.103. The number of esters is 1. The number of hydrogen-bond donors (Lipinski definition) is 2. The summed E-state index contributed by atoms with van der Waals surface area (Å²) in [5, 5.41) is 12.2. The number of carbonyl (C=O) groups excluding carboxylic acids is 1. The van der Waals surface area contributed by atoms with Crippen LogP contribution in [0.5, 0.6) is 0 Å². The maximum atomic E-state index is 14.1. The first-order valence-corrected chi connectivity index (χ1v) is 11.7. The number of halogens is 4. The van der Waals surface area contributed by atoms with Crippen molar-refractivity contribution in [2.45, 2.75) is 6.54 Å². The van der Waals surface area contributed by atoms with Gasteiger partial charge in [-0.25, -0.2) is 9.18 Å². The Labute approximate surface area is 212 Å². The number of methoxy groups -OCH3 is 1. The van der Waals surface area contributed by atoms with Crippen LogP contribution < -0.4 is 10.6 Å². The largest absolute Gasteiger partial charge is 0.465 e. The number of rotatable bonds is 5. The molecule has 0 radical (unpaired) electrons. The second-order valence-corrected chi connectivity index (χ2v) is 9.40. The van der Waals surface area contributed by atoms with Gasteiger partial charge in [-0.2, -0.15) is 5.10 Å². The lowest BCUT2D eigenvalue weighted by Gasteiger charge is -2.09. The fourth-order valence-electron chi connectivity index (χ4n) is 3.04. The lowest BCUT2D eigenvalue weighted by molar-refractivity contribution is 0.0606. The van der Waals surface area contributed by atoms with Gasteiger partial charge in [0.2, 0.25) is 0 Å². The molecular weight excluding hydrogens is 530 g/mol. The van der Waals surface area contributed by atoms with Crippen molar-refractivity contribution in [2.75, 3.05) is 17.7 Å². The van der Waals surface area contributed by atoms with Gasteiger partial charge in [0.15, 0.2) is 10.9 Å². The molecule has 2 aromatic carbocycles. The first kappa shape index (κ1) is 23.7. The lowest BCUT2D eigenvalue weighted by atomic mass is 10.2. The van der Waals surface area contributed by atoms with E-state index in [9.17, 15) is 9.18 Å². The molecule has 0 aliphatic rings. The number of fused-ring (bicyclic) bond motifs is 1. The highest BCUT2D eigenvalue weighted by Gasteiger charge is 2.18. The van der Waals surface area contributed by atoms with Crippen molar-refractivity contribution in [3.8, 4) is 0 Å². The van der Waals surface area contributed by atoms with E-state index in [2.05, 4.69) is 15.7 Å². The summed E-state index contributed by atoms with van der Waals surface area (Å²) in [6.07, 6.45) is 1.54. The number of aromatic nitrogens is 2. The van der Waals surface area contributed by atoms with E-state index in [4.69, 9.17) is 51.8 Å². The second kappa shape index (κ2) is 9.82. The minimum Gasteiger partial charge on any atom is -0.465 e. The first-order valence-electron chi connectivity index (χ1n) is 9.31. The predicted octanol–water partition coefficient (Wildman–Crippen LogP) is 6.84. The molecule has 0 fully saturated rings. The summed E-state index contributed by atoms with van der Waals surface area (Å²) >= 11 is 25.2.